The number of halogens is 3. The van der Waals surface area contributed by atoms with Crippen LogP contribution < -0.4 is 0 Å². The number of hydrogen-bond donors (Lipinski definition) is 6. The van der Waals surface area contributed by atoms with Gasteiger partial charge in [-0.25, -0.2) is 4.39 Å². The van der Waals surface area contributed by atoms with Crippen LogP contribution >= 0.6 is 23.2 Å². The van der Waals surface area contributed by atoms with E-state index in [1.54, 1.807) is 19.0 Å². The molecule has 0 radical (unpaired) electrons. The first-order chi connectivity index (χ1) is 20.3. The third-order valence-electron chi connectivity index (χ3n) is 8.18. The Morgan fingerprint density at radius 3 is 2.14 bits per heavy atom. The fourth-order valence-corrected chi connectivity index (χ4v) is 6.09. The third-order valence-corrected chi connectivity index (χ3v) is 8.66. The summed E-state index contributed by atoms with van der Waals surface area (Å²) in [5, 5.41) is 64.9. The summed E-state index contributed by atoms with van der Waals surface area (Å²) in [5.41, 5.74) is -6.98. The first-order valence-electron chi connectivity index (χ1n) is 13.6. The number of carbonyl (C=O) groups is 1. The molecule has 3 aromatic rings. The van der Waals surface area contributed by atoms with Crippen LogP contribution in [0.15, 0.2) is 54.7 Å². The summed E-state index contributed by atoms with van der Waals surface area (Å²) in [4.78, 5) is 21.2. The number of aromatic nitrogens is 1. The van der Waals surface area contributed by atoms with E-state index in [1.165, 1.54) is 55.6 Å². The molecule has 5 rings (SSSR count). The summed E-state index contributed by atoms with van der Waals surface area (Å²) in [6, 6.07) is 10.9. The van der Waals surface area contributed by atoms with Crippen LogP contribution in [0.25, 0.3) is 0 Å². The molecule has 2 heterocycles. The van der Waals surface area contributed by atoms with Gasteiger partial charge in [0.25, 0.3) is 17.9 Å². The van der Waals surface area contributed by atoms with Crippen LogP contribution in [0.2, 0.25) is 10.0 Å². The molecule has 6 N–H and O–H groups in total. The largest absolute Gasteiger partial charge is 0.384 e. The van der Waals surface area contributed by atoms with E-state index in [2.05, 4.69) is 4.98 Å². The second-order valence-electron chi connectivity index (χ2n) is 11.8. The minimum atomic E-state index is -3.63. The van der Waals surface area contributed by atoms with Crippen molar-refractivity contribution in [2.75, 3.05) is 20.6 Å². The molecule has 1 aliphatic carbocycles. The number of aliphatic hydroxyl groups is 6. The number of nitrogens with zero attached hydrogens (tertiary/aromatic N) is 3. The molecule has 1 fully saturated rings. The first-order valence-corrected chi connectivity index (χ1v) is 14.3. The van der Waals surface area contributed by atoms with E-state index in [0.29, 0.717) is 5.02 Å². The number of likely N-dealkylation sites (N-methyl/N-ethyl adjacent to an activating group) is 1. The number of benzene rings is 2. The zero-order valence-corrected chi connectivity index (χ0v) is 25.5. The predicted molar refractivity (Wildman–Crippen MR) is 155 cm³/mol. The number of pyridine rings is 1. The second-order valence-corrected chi connectivity index (χ2v) is 12.7. The summed E-state index contributed by atoms with van der Waals surface area (Å²) < 4.78 is 22.6. The Kier molecular flexibility index (Phi) is 8.12. The van der Waals surface area contributed by atoms with Crippen LogP contribution in [0.1, 0.15) is 52.5 Å². The Morgan fingerprint density at radius 2 is 1.61 bits per heavy atom. The van der Waals surface area contributed by atoms with Crippen molar-refractivity contribution in [3.63, 3.8) is 0 Å². The van der Waals surface area contributed by atoms with Crippen molar-refractivity contribution in [3.8, 4) is 0 Å². The van der Waals surface area contributed by atoms with Gasteiger partial charge in [-0.2, -0.15) is 0 Å². The molecule has 1 unspecified atom stereocenters. The molecule has 2 atom stereocenters. The highest BCUT2D eigenvalue weighted by Gasteiger charge is 2.74. The number of hydrogen-bond acceptors (Lipinski definition) is 10. The standard InChI is InChI=1S/C30H32Cl2FN3O8/c1-26(38,16-35(2)3)18-12-22-24(23(33)13-18)28(17-4-6-19(31)7-5-17,44-30(42,43)27(10-11-27)29(39,40)41)36(25(22)37)15-21-9-8-20(32)14-34-21/h4-9,12-14,38-43H,10-11,15-16H2,1-3H3/t26?,28-/m1/s1. The Balaban J connectivity index is 1.80. The summed E-state index contributed by atoms with van der Waals surface area (Å²) in [6.45, 7) is 1.14. The molecule has 1 amide bonds. The lowest BCUT2D eigenvalue weighted by Gasteiger charge is -2.46. The number of ether oxygens (including phenoxy) is 1. The van der Waals surface area contributed by atoms with E-state index in [1.807, 2.05) is 0 Å². The molecule has 0 saturated heterocycles. The van der Waals surface area contributed by atoms with Crippen molar-refractivity contribution in [2.24, 2.45) is 5.41 Å². The molecule has 0 bridgehead atoms. The normalized spacial score (nSPS) is 21.0. The highest BCUT2D eigenvalue weighted by atomic mass is 35.5. The highest BCUT2D eigenvalue weighted by Crippen LogP contribution is 2.62. The number of amides is 1. The van der Waals surface area contributed by atoms with Gasteiger partial charge in [-0.1, -0.05) is 35.3 Å². The average Bonchev–Trinajstić information content (AvgIpc) is 3.71. The minimum absolute atomic E-state index is 0.00244. The van der Waals surface area contributed by atoms with Crippen molar-refractivity contribution in [1.82, 2.24) is 14.8 Å². The van der Waals surface area contributed by atoms with E-state index in [9.17, 15) is 35.4 Å². The van der Waals surface area contributed by atoms with Crippen LogP contribution in [0.3, 0.4) is 0 Å². The number of fused-ring (bicyclic) bond motifs is 1. The molecule has 1 saturated carbocycles. The molecular formula is C30H32Cl2FN3O8. The maximum Gasteiger partial charge on any atom is 0.294 e. The van der Waals surface area contributed by atoms with Crippen molar-refractivity contribution in [1.29, 1.82) is 0 Å². The summed E-state index contributed by atoms with van der Waals surface area (Å²) in [5.74, 6) is -9.06. The summed E-state index contributed by atoms with van der Waals surface area (Å²) in [7, 11) is 3.42. The van der Waals surface area contributed by atoms with Crippen LogP contribution in [0.5, 0.6) is 0 Å². The quantitative estimate of drug-likeness (QED) is 0.179. The van der Waals surface area contributed by atoms with Crippen molar-refractivity contribution in [2.45, 2.75) is 49.6 Å². The molecule has 0 spiro atoms. The predicted octanol–water partition coefficient (Wildman–Crippen LogP) is 2.22. The van der Waals surface area contributed by atoms with E-state index >= 15 is 4.39 Å². The number of carbonyl (C=O) groups excluding carboxylic acids is 1. The monoisotopic (exact) mass is 651 g/mol. The van der Waals surface area contributed by atoms with Gasteiger partial charge < -0.3 is 35.5 Å². The van der Waals surface area contributed by atoms with Gasteiger partial charge in [-0.05, 0) is 75.8 Å². The molecule has 1 aromatic heterocycles. The molecule has 14 heteroatoms. The van der Waals surface area contributed by atoms with E-state index in [-0.39, 0.29) is 53.3 Å². The van der Waals surface area contributed by atoms with E-state index in [0.717, 1.165) is 11.0 Å². The molecule has 236 valence electrons. The third kappa shape index (κ3) is 5.39. The Morgan fingerprint density at radius 1 is 1.00 bits per heavy atom. The van der Waals surface area contributed by atoms with Crippen LogP contribution in [0.4, 0.5) is 4.39 Å². The van der Waals surface area contributed by atoms with Crippen molar-refractivity contribution in [3.05, 3.63) is 98.5 Å². The lowest BCUT2D eigenvalue weighted by Crippen LogP contribution is -2.61. The second kappa shape index (κ2) is 11.0. The van der Waals surface area contributed by atoms with Crippen molar-refractivity contribution < 1.29 is 44.6 Å². The van der Waals surface area contributed by atoms with Gasteiger partial charge in [0.2, 0.25) is 5.72 Å². The highest BCUT2D eigenvalue weighted by molar-refractivity contribution is 6.30. The molecule has 11 nitrogen and oxygen atoms in total. The fraction of sp³-hybridized carbons (Fsp3) is 0.400. The molecule has 1 aliphatic heterocycles. The average molecular weight is 653 g/mol. The Bertz CT molecular complexity index is 1570. The van der Waals surface area contributed by atoms with Gasteiger partial charge in [-0.15, -0.1) is 0 Å². The van der Waals surface area contributed by atoms with Gasteiger partial charge in [0.15, 0.2) is 0 Å². The van der Waals surface area contributed by atoms with E-state index in [4.69, 9.17) is 27.9 Å². The van der Waals surface area contributed by atoms with Crippen LogP contribution in [0, 0.1) is 11.2 Å². The van der Waals surface area contributed by atoms with E-state index < -0.39 is 46.0 Å². The lowest BCUT2D eigenvalue weighted by molar-refractivity contribution is -0.484. The molecule has 2 aromatic carbocycles. The fourth-order valence-electron chi connectivity index (χ4n) is 5.86. The zero-order valence-electron chi connectivity index (χ0n) is 24.0. The zero-order chi connectivity index (χ0) is 32.5. The number of rotatable bonds is 10. The maximum absolute atomic E-state index is 16.6. The Hall–Kier alpha value is -2.75. The van der Waals surface area contributed by atoms with Gasteiger partial charge in [0, 0.05) is 23.3 Å². The first kappa shape index (κ1) is 32.6. The maximum atomic E-state index is 16.6. The molecule has 44 heavy (non-hydrogen) atoms. The minimum Gasteiger partial charge on any atom is -0.384 e. The topological polar surface area (TPSA) is 167 Å². The van der Waals surface area contributed by atoms with Crippen LogP contribution in [-0.2, 0) is 22.6 Å². The summed E-state index contributed by atoms with van der Waals surface area (Å²) >= 11 is 12.2. The smallest absolute Gasteiger partial charge is 0.294 e. The van der Waals surface area contributed by atoms with Gasteiger partial charge >= 0.3 is 0 Å². The van der Waals surface area contributed by atoms with Crippen LogP contribution in [-0.4, -0.2) is 83.9 Å². The molecular weight excluding hydrogens is 620 g/mol. The molecule has 2 aliphatic rings. The van der Waals surface area contributed by atoms with Crippen molar-refractivity contribution >= 4 is 29.1 Å². The van der Waals surface area contributed by atoms with Gasteiger partial charge in [-0.3, -0.25) is 19.4 Å². The SMILES string of the molecule is CN(C)CC(C)(O)c1cc(F)c2c(c1)C(=O)N(Cc1ccc(Cl)cn1)[C@@]2(OC(O)(O)C1(C(O)(O)O)CC1)c1ccc(Cl)cc1. The van der Waals surface area contributed by atoms with Gasteiger partial charge in [0.05, 0.1) is 34.0 Å². The van der Waals surface area contributed by atoms with Gasteiger partial charge in [0.1, 0.15) is 11.2 Å². The lowest BCUT2D eigenvalue weighted by atomic mass is 9.87. The summed E-state index contributed by atoms with van der Waals surface area (Å²) in [6.07, 6.45) is 0.703. The Labute approximate surface area is 262 Å².